The Labute approximate surface area is 284 Å². The van der Waals surface area contributed by atoms with Gasteiger partial charge in [-0.15, -0.1) is 0 Å². The van der Waals surface area contributed by atoms with Crippen molar-refractivity contribution in [2.75, 3.05) is 38.1 Å². The second-order valence-corrected chi connectivity index (χ2v) is 14.7. The number of methoxy groups -OCH3 is 1. The van der Waals surface area contributed by atoms with Crippen molar-refractivity contribution in [1.29, 1.82) is 0 Å². The van der Waals surface area contributed by atoms with Crippen molar-refractivity contribution in [3.8, 4) is 11.5 Å². The van der Waals surface area contributed by atoms with Gasteiger partial charge in [-0.05, 0) is 53.6 Å². The molecular formula is C37H43F3N4O5. The zero-order chi connectivity index (χ0) is 35.6. The molecule has 262 valence electrons. The van der Waals surface area contributed by atoms with Gasteiger partial charge in [-0.1, -0.05) is 51.1 Å². The quantitative estimate of drug-likeness (QED) is 0.298. The number of carbonyl (C=O) groups is 2. The van der Waals surface area contributed by atoms with E-state index in [1.54, 1.807) is 36.3 Å². The summed E-state index contributed by atoms with van der Waals surface area (Å²) in [5, 5.41) is 11.0. The number of likely N-dealkylation sites (tertiary alicyclic amines) is 1. The molecule has 12 heteroatoms. The molecule has 1 N–H and O–H groups in total. The lowest BCUT2D eigenvalue weighted by molar-refractivity contribution is -0.160. The molecular weight excluding hydrogens is 637 g/mol. The third-order valence-electron chi connectivity index (χ3n) is 10.5. The highest BCUT2D eigenvalue weighted by atomic mass is 19.4. The van der Waals surface area contributed by atoms with E-state index in [0.717, 1.165) is 5.56 Å². The van der Waals surface area contributed by atoms with Crippen molar-refractivity contribution in [1.82, 2.24) is 9.88 Å². The minimum Gasteiger partial charge on any atom is -0.495 e. The number of hydrogen-bond acceptors (Lipinski definition) is 7. The number of aromatic nitrogens is 1. The summed E-state index contributed by atoms with van der Waals surface area (Å²) in [6.07, 6.45) is -3.54. The number of hydrogen-bond donors (Lipinski definition) is 1. The Morgan fingerprint density at radius 3 is 2.31 bits per heavy atom. The summed E-state index contributed by atoms with van der Waals surface area (Å²) < 4.78 is 55.0. The summed E-state index contributed by atoms with van der Waals surface area (Å²) in [4.78, 5) is 38.0. The normalized spacial score (nSPS) is 24.2. The summed E-state index contributed by atoms with van der Waals surface area (Å²) in [6, 6.07) is 12.5. The van der Waals surface area contributed by atoms with E-state index in [1.807, 2.05) is 64.0 Å². The van der Waals surface area contributed by atoms with Crippen LogP contribution < -0.4 is 19.3 Å². The minimum atomic E-state index is -4.44. The number of carboxylic acid groups (broad SMARTS) is 1. The first-order valence-corrected chi connectivity index (χ1v) is 16.4. The number of likely N-dealkylation sites (N-methyl/N-ethyl adjacent to an activating group) is 1. The highest BCUT2D eigenvalue weighted by Gasteiger charge is 2.65. The van der Waals surface area contributed by atoms with Crippen LogP contribution in [-0.4, -0.2) is 79.5 Å². The molecule has 0 radical (unpaired) electrons. The van der Waals surface area contributed by atoms with Gasteiger partial charge in [0.25, 0.3) is 5.91 Å². The lowest BCUT2D eigenvalue weighted by Crippen LogP contribution is -2.51. The largest absolute Gasteiger partial charge is 0.495 e. The van der Waals surface area contributed by atoms with Crippen LogP contribution in [0.15, 0.2) is 60.8 Å². The fraction of sp³-hybridized carbons (Fsp3) is 0.486. The first kappa shape index (κ1) is 34.4. The SMILES string of the molecule is COc1ccc(C2(C(F)(F)F)CC2)cc1N(C)[C@H]1[C@H](C(C)(C)C)[C@@H](C(=O)O)N(C(=O)[C@H]2Cc3ccccc3O2)[C@H]1c1cccnc1N(C)C. The molecule has 9 nitrogen and oxygen atoms in total. The Bertz CT molecular complexity index is 1730. The highest BCUT2D eigenvalue weighted by Crippen LogP contribution is 2.60. The zero-order valence-electron chi connectivity index (χ0n) is 28.8. The van der Waals surface area contributed by atoms with Gasteiger partial charge < -0.3 is 29.3 Å². The number of alkyl halides is 3. The molecule has 1 aromatic heterocycles. The summed E-state index contributed by atoms with van der Waals surface area (Å²) in [6.45, 7) is 5.77. The van der Waals surface area contributed by atoms with E-state index in [2.05, 4.69) is 4.98 Å². The number of fused-ring (bicyclic) bond motifs is 1. The molecule has 0 spiro atoms. The van der Waals surface area contributed by atoms with Crippen LogP contribution >= 0.6 is 0 Å². The Morgan fingerprint density at radius 1 is 1.04 bits per heavy atom. The molecule has 3 heterocycles. The number of rotatable bonds is 8. The molecule has 1 saturated heterocycles. The topological polar surface area (TPSA) is 95.4 Å². The van der Waals surface area contributed by atoms with E-state index in [-0.39, 0.29) is 24.8 Å². The fourth-order valence-corrected chi connectivity index (χ4v) is 8.00. The van der Waals surface area contributed by atoms with Gasteiger partial charge >= 0.3 is 12.1 Å². The predicted octanol–water partition coefficient (Wildman–Crippen LogP) is 6.26. The minimum absolute atomic E-state index is 0.0162. The Balaban J connectivity index is 1.57. The van der Waals surface area contributed by atoms with Crippen molar-refractivity contribution < 1.29 is 37.3 Å². The van der Waals surface area contributed by atoms with Crippen molar-refractivity contribution >= 4 is 23.4 Å². The van der Waals surface area contributed by atoms with Gasteiger partial charge in [-0.2, -0.15) is 13.2 Å². The van der Waals surface area contributed by atoms with Crippen LogP contribution in [0.3, 0.4) is 0 Å². The van der Waals surface area contributed by atoms with Gasteiger partial charge in [0.05, 0.1) is 30.3 Å². The zero-order valence-corrected chi connectivity index (χ0v) is 28.8. The van der Waals surface area contributed by atoms with Crippen LogP contribution in [0.1, 0.15) is 56.3 Å². The average molecular weight is 681 g/mol. The molecule has 6 rings (SSSR count). The van der Waals surface area contributed by atoms with Crippen molar-refractivity contribution in [2.24, 2.45) is 11.3 Å². The van der Waals surface area contributed by atoms with E-state index in [4.69, 9.17) is 9.47 Å². The number of ether oxygens (including phenoxy) is 2. The molecule has 3 aromatic rings. The number of carbonyl (C=O) groups excluding carboxylic acids is 1. The number of para-hydroxylation sites is 1. The van der Waals surface area contributed by atoms with Gasteiger partial charge in [0, 0.05) is 45.2 Å². The van der Waals surface area contributed by atoms with Crippen LogP contribution in [-0.2, 0) is 21.4 Å². The maximum Gasteiger partial charge on any atom is 0.398 e. The van der Waals surface area contributed by atoms with Crippen LogP contribution in [0.25, 0.3) is 0 Å². The molecule has 1 aliphatic carbocycles. The lowest BCUT2D eigenvalue weighted by atomic mass is 9.72. The van der Waals surface area contributed by atoms with Gasteiger partial charge in [0.2, 0.25) is 0 Å². The van der Waals surface area contributed by atoms with Gasteiger partial charge in [-0.3, -0.25) is 4.79 Å². The number of benzene rings is 2. The molecule has 1 saturated carbocycles. The Hall–Kier alpha value is -4.48. The molecule has 0 bridgehead atoms. The standard InChI is InChI=1S/C37H43F3N4O5/c1-35(2,3)28-30(43(6)24-20-22(14-15-26(24)48-7)36(16-17-36)37(38,39)40)29(23-12-10-18-41-32(23)42(4)5)44(31(28)34(46)47)33(45)27-19-21-11-8-9-13-25(21)49-27/h8-15,18,20,27-31H,16-17,19H2,1-7H3,(H,46,47)/t27-,28+,29+,30+,31+/m1/s1. The van der Waals surface area contributed by atoms with Crippen molar-refractivity contribution in [2.45, 2.75) is 75.9 Å². The summed E-state index contributed by atoms with van der Waals surface area (Å²) in [7, 11) is 6.83. The van der Waals surface area contributed by atoms with Crippen molar-refractivity contribution in [3.63, 3.8) is 0 Å². The van der Waals surface area contributed by atoms with Crippen molar-refractivity contribution in [3.05, 3.63) is 77.5 Å². The van der Waals surface area contributed by atoms with Crippen LogP contribution in [0.5, 0.6) is 11.5 Å². The fourth-order valence-electron chi connectivity index (χ4n) is 8.00. The van der Waals surface area contributed by atoms with E-state index >= 15 is 0 Å². The number of amides is 1. The molecule has 2 aromatic carbocycles. The highest BCUT2D eigenvalue weighted by molar-refractivity contribution is 5.90. The summed E-state index contributed by atoms with van der Waals surface area (Å²) in [5.74, 6) is -0.945. The van der Waals surface area contributed by atoms with E-state index in [0.29, 0.717) is 28.6 Å². The number of halogens is 3. The van der Waals surface area contributed by atoms with Crippen LogP contribution in [0.4, 0.5) is 24.7 Å². The first-order valence-electron chi connectivity index (χ1n) is 16.4. The Morgan fingerprint density at radius 2 is 1.73 bits per heavy atom. The monoisotopic (exact) mass is 680 g/mol. The second-order valence-electron chi connectivity index (χ2n) is 14.7. The molecule has 2 aliphatic heterocycles. The lowest BCUT2D eigenvalue weighted by Gasteiger charge is -2.41. The number of aliphatic carboxylic acids is 1. The molecule has 2 fully saturated rings. The number of pyridine rings is 1. The van der Waals surface area contributed by atoms with E-state index in [9.17, 15) is 27.9 Å². The van der Waals surface area contributed by atoms with Gasteiger partial charge in [0.15, 0.2) is 6.10 Å². The second kappa shape index (κ2) is 12.1. The summed E-state index contributed by atoms with van der Waals surface area (Å²) >= 11 is 0. The van der Waals surface area contributed by atoms with Crippen LogP contribution in [0, 0.1) is 11.3 Å². The molecule has 5 atom stereocenters. The number of anilines is 2. The molecule has 1 amide bonds. The predicted molar refractivity (Wildman–Crippen MR) is 179 cm³/mol. The van der Waals surface area contributed by atoms with Gasteiger partial charge in [-0.25, -0.2) is 9.78 Å². The molecule has 3 aliphatic rings. The first-order chi connectivity index (χ1) is 23.0. The average Bonchev–Trinajstić information content (AvgIpc) is 3.63. The van der Waals surface area contributed by atoms with Crippen LogP contribution in [0.2, 0.25) is 0 Å². The smallest absolute Gasteiger partial charge is 0.398 e. The maximum atomic E-state index is 14.8. The molecule has 0 unspecified atom stereocenters. The third-order valence-corrected chi connectivity index (χ3v) is 10.5. The van der Waals surface area contributed by atoms with Gasteiger partial charge in [0.1, 0.15) is 23.4 Å². The molecule has 49 heavy (non-hydrogen) atoms. The number of carboxylic acids is 1. The maximum absolute atomic E-state index is 14.8. The Kier molecular flexibility index (Phi) is 8.52. The summed E-state index contributed by atoms with van der Waals surface area (Å²) in [5.41, 5.74) is -0.702. The number of nitrogens with zero attached hydrogens (tertiary/aromatic N) is 4. The van der Waals surface area contributed by atoms with E-state index < -0.39 is 59.0 Å². The third kappa shape index (κ3) is 5.72. The van der Waals surface area contributed by atoms with E-state index in [1.165, 1.54) is 24.1 Å².